The molecule has 0 spiro atoms. The number of rotatable bonds is 7. The third-order valence-corrected chi connectivity index (χ3v) is 3.21. The van der Waals surface area contributed by atoms with Crippen LogP contribution in [0.1, 0.15) is 60.8 Å². The molecule has 0 bridgehead atoms. The van der Waals surface area contributed by atoms with Crippen molar-refractivity contribution in [2.75, 3.05) is 0 Å². The van der Waals surface area contributed by atoms with E-state index in [0.29, 0.717) is 0 Å². The third kappa shape index (κ3) is 77.2. The molecule has 0 aromatic rings. The molecule has 0 saturated carbocycles. The van der Waals surface area contributed by atoms with Gasteiger partial charge in [-0.25, -0.2) is 0 Å². The normalized spacial score (nSPS) is 9.65. The number of thiol groups is 1. The van der Waals surface area contributed by atoms with E-state index < -0.39 is 28.3 Å². The number of hydrogen-bond acceptors (Lipinski definition) is 9. The largest absolute Gasteiger partial charge is 1.00 e. The van der Waals surface area contributed by atoms with Crippen molar-refractivity contribution in [3.05, 3.63) is 0 Å². The molecule has 0 aromatic carbocycles. The van der Waals surface area contributed by atoms with Crippen molar-refractivity contribution in [3.8, 4) is 0 Å². The summed E-state index contributed by atoms with van der Waals surface area (Å²) in [5.41, 5.74) is 13.3. The Morgan fingerprint density at radius 3 is 1.24 bits per heavy atom. The summed E-state index contributed by atoms with van der Waals surface area (Å²) in [5.74, 6) is -2.65. The van der Waals surface area contributed by atoms with Crippen LogP contribution >= 0.6 is 49.0 Å². The van der Waals surface area contributed by atoms with Crippen LogP contribution in [0, 0.1) is 5.41 Å². The minimum absolute atomic E-state index is 0. The molecule has 0 radical (unpaired) electrons. The first-order chi connectivity index (χ1) is 13.4. The van der Waals surface area contributed by atoms with Gasteiger partial charge in [-0.3, -0.25) is 19.8 Å². The minimum atomic E-state index is -1.08. The van der Waals surface area contributed by atoms with Gasteiger partial charge in [0.05, 0.1) is 24.9 Å². The van der Waals surface area contributed by atoms with Crippen LogP contribution in [0.3, 0.4) is 0 Å². The number of nitrogens with two attached hydrogens (primary N) is 3. The Hall–Kier alpha value is -0.923. The van der Waals surface area contributed by atoms with Crippen LogP contribution in [0.4, 0.5) is 0 Å². The van der Waals surface area contributed by atoms with Crippen molar-refractivity contribution in [1.29, 1.82) is 5.41 Å². The van der Waals surface area contributed by atoms with Gasteiger partial charge in [0.15, 0.2) is 10.3 Å². The van der Waals surface area contributed by atoms with Crippen molar-refractivity contribution in [2.24, 2.45) is 17.2 Å². The van der Waals surface area contributed by atoms with Gasteiger partial charge in [0.1, 0.15) is 0 Å². The number of thiocarbonyl (C=S) groups is 1. The van der Waals surface area contributed by atoms with E-state index in [1.54, 1.807) is 27.7 Å². The number of nitrogens with one attached hydrogen (secondary N) is 1. The monoisotopic (exact) mass is 564 g/mol. The summed E-state index contributed by atoms with van der Waals surface area (Å²) < 4.78 is -0.872. The van der Waals surface area contributed by atoms with Crippen molar-refractivity contribution >= 4 is 77.2 Å². The predicted molar refractivity (Wildman–Crippen MR) is 140 cm³/mol. The van der Waals surface area contributed by atoms with Crippen molar-refractivity contribution < 1.29 is 59.1 Å². The standard InChI is InChI=1S/C6H12N2O2S.C5H10O3.C5H10O2S.CH4N2S.ClH.Li.H2O/c1-6(2,3-4(9)10)11-5(7)8;2*1-5(2,8)3-4(6)7;2-1(3)4;;;/h3H2,1-2H3,(H3,7,8)(H,9,10);2*8H,3H2,1-2H3,(H,6,7);(H4,2,3,4);1H;;1H2/q;;;;;+1;/p-1. The Balaban J connectivity index is -0.0000000580. The fourth-order valence-electron chi connectivity index (χ4n) is 1.44. The number of carbonyl (C=O) groups is 3. The molecule has 0 saturated heterocycles. The minimum Gasteiger partial charge on any atom is -0.870 e. The summed E-state index contributed by atoms with van der Waals surface area (Å²) >= 11 is 9.17. The van der Waals surface area contributed by atoms with Crippen molar-refractivity contribution in [3.63, 3.8) is 0 Å². The summed E-state index contributed by atoms with van der Waals surface area (Å²) in [6.45, 7) is 9.94. The molecule has 200 valence electrons. The molecular formula is C17H38ClLiN4O8S3. The molecule has 12 nitrogen and oxygen atoms in total. The summed E-state index contributed by atoms with van der Waals surface area (Å²) in [4.78, 5) is 30.1. The molecule has 34 heavy (non-hydrogen) atoms. The maximum atomic E-state index is 10.3. The summed E-state index contributed by atoms with van der Waals surface area (Å²) in [6, 6.07) is 0. The molecule has 0 aliphatic carbocycles. The molecule has 0 atom stereocenters. The average molecular weight is 565 g/mol. The molecule has 0 rings (SSSR count). The molecule has 0 unspecified atom stereocenters. The molecule has 0 fully saturated rings. The van der Waals surface area contributed by atoms with E-state index in [9.17, 15) is 14.4 Å². The molecule has 0 aliphatic rings. The van der Waals surface area contributed by atoms with E-state index in [-0.39, 0.29) is 71.0 Å². The number of aliphatic carboxylic acids is 3. The number of carboxylic acids is 3. The van der Waals surface area contributed by atoms with E-state index in [1.165, 1.54) is 13.8 Å². The van der Waals surface area contributed by atoms with Gasteiger partial charge in [0, 0.05) is 9.49 Å². The van der Waals surface area contributed by atoms with Gasteiger partial charge in [-0.05, 0) is 39.9 Å². The first kappa shape index (κ1) is 50.0. The van der Waals surface area contributed by atoms with Gasteiger partial charge in [0.2, 0.25) is 0 Å². The van der Waals surface area contributed by atoms with Crippen LogP contribution in [0.5, 0.6) is 0 Å². The number of thioether (sulfide) groups is 1. The molecule has 12 N–H and O–H groups in total. The van der Waals surface area contributed by atoms with Gasteiger partial charge in [-0.15, -0.1) is 12.4 Å². The van der Waals surface area contributed by atoms with Gasteiger partial charge < -0.3 is 43.1 Å². The van der Waals surface area contributed by atoms with Crippen molar-refractivity contribution in [1.82, 2.24) is 0 Å². The van der Waals surface area contributed by atoms with Crippen LogP contribution < -0.4 is 36.1 Å². The molecule has 17 heteroatoms. The van der Waals surface area contributed by atoms with E-state index in [2.05, 4.69) is 36.3 Å². The molecule has 0 aliphatic heterocycles. The summed E-state index contributed by atoms with van der Waals surface area (Å²) in [7, 11) is 0. The zero-order valence-electron chi connectivity index (χ0n) is 20.5. The number of hydrogen-bond donors (Lipinski definition) is 9. The first-order valence-electron chi connectivity index (χ1n) is 8.58. The van der Waals surface area contributed by atoms with E-state index in [1.807, 2.05) is 0 Å². The number of amidine groups is 1. The number of halogens is 1. The fraction of sp³-hybridized carbons (Fsp3) is 0.706. The van der Waals surface area contributed by atoms with E-state index >= 15 is 0 Å². The molecule has 0 amide bonds. The Labute approximate surface area is 234 Å². The smallest absolute Gasteiger partial charge is 0.870 e. The van der Waals surface area contributed by atoms with Crippen LogP contribution in [0.15, 0.2) is 0 Å². The zero-order valence-corrected chi connectivity index (χ0v) is 23.8. The fourth-order valence-corrected chi connectivity index (χ4v) is 2.36. The quantitative estimate of drug-likeness (QED) is 0.0573. The van der Waals surface area contributed by atoms with Crippen LogP contribution in [0.25, 0.3) is 0 Å². The maximum absolute atomic E-state index is 10.3. The SMILES string of the molecule is CC(C)(CC(=O)O)SC(=N)N.CC(C)(O)CC(=O)O.CC(C)(S)CC(=O)O.Cl.NC(N)=S.[Li+].[OH-]. The third-order valence-electron chi connectivity index (χ3n) is 2.13. The van der Waals surface area contributed by atoms with Gasteiger partial charge in [-0.2, -0.15) is 12.6 Å². The van der Waals surface area contributed by atoms with Gasteiger partial charge in [0.25, 0.3) is 0 Å². The molecular weight excluding hydrogens is 527 g/mol. The number of aliphatic hydroxyl groups is 1. The predicted octanol–water partition coefficient (Wildman–Crippen LogP) is -1.29. The zero-order chi connectivity index (χ0) is 26.2. The number of carboxylic acid groups (broad SMARTS) is 3. The second-order valence-corrected chi connectivity index (χ2v) is 11.4. The van der Waals surface area contributed by atoms with Crippen LogP contribution in [-0.4, -0.2) is 69.2 Å². The summed E-state index contributed by atoms with van der Waals surface area (Å²) in [6.07, 6.45) is -0.0830. The maximum Gasteiger partial charge on any atom is 1.00 e. The van der Waals surface area contributed by atoms with E-state index in [0.717, 1.165) is 11.8 Å². The Bertz CT molecular complexity index is 569. The topological polar surface area (TPSA) is 264 Å². The summed E-state index contributed by atoms with van der Waals surface area (Å²) in [5, 5.41) is 40.4. The van der Waals surface area contributed by atoms with Gasteiger partial charge in [-0.1, -0.05) is 25.6 Å². The second kappa shape index (κ2) is 23.8. The van der Waals surface area contributed by atoms with E-state index in [4.69, 9.17) is 31.6 Å². The van der Waals surface area contributed by atoms with Crippen molar-refractivity contribution in [2.45, 2.75) is 75.9 Å². The first-order valence-corrected chi connectivity index (χ1v) is 10.3. The van der Waals surface area contributed by atoms with Crippen LogP contribution in [-0.2, 0) is 14.4 Å². The van der Waals surface area contributed by atoms with Crippen LogP contribution in [0.2, 0.25) is 0 Å². The van der Waals surface area contributed by atoms with Gasteiger partial charge >= 0.3 is 36.8 Å². The Morgan fingerprint density at radius 2 is 1.15 bits per heavy atom. The second-order valence-electron chi connectivity index (χ2n) is 7.96. The Kier molecular flexibility index (Phi) is 35.0. The average Bonchev–Trinajstić information content (AvgIpc) is 2.28. The molecule has 0 heterocycles. The Morgan fingerprint density at radius 1 is 0.882 bits per heavy atom. The molecule has 0 aromatic heterocycles.